The zero-order chi connectivity index (χ0) is 32.7. The van der Waals surface area contributed by atoms with Crippen LogP contribution < -0.4 is 0 Å². The molecule has 0 N–H and O–H groups in total. The SMILES string of the molecule is Fc1cc(C2CCC(CCC3CCCC3)CC2)cc(F)c1C(F)(F)Br.Fc1cc(F)cc(C2CCC(CCC3CCCC3)CC2)c1. The first-order valence-electron chi connectivity index (χ1n) is 18.1. The van der Waals surface area contributed by atoms with Gasteiger partial charge in [-0.1, -0.05) is 77.0 Å². The molecule has 6 rings (SSSR count). The molecule has 4 aliphatic carbocycles. The van der Waals surface area contributed by atoms with E-state index in [4.69, 9.17) is 0 Å². The van der Waals surface area contributed by atoms with Crippen molar-refractivity contribution in [1.82, 2.24) is 0 Å². The minimum Gasteiger partial charge on any atom is -0.207 e. The van der Waals surface area contributed by atoms with Crippen molar-refractivity contribution in [3.8, 4) is 0 Å². The first-order chi connectivity index (χ1) is 22.0. The highest BCUT2D eigenvalue weighted by molar-refractivity contribution is 9.09. The average molecular weight is 714 g/mol. The quantitative estimate of drug-likeness (QED) is 0.179. The largest absolute Gasteiger partial charge is 0.332 e. The lowest BCUT2D eigenvalue weighted by Crippen LogP contribution is -2.16. The van der Waals surface area contributed by atoms with Crippen LogP contribution in [-0.2, 0) is 4.83 Å². The Hall–Kier alpha value is -1.50. The zero-order valence-electron chi connectivity index (χ0n) is 27.1. The van der Waals surface area contributed by atoms with Crippen molar-refractivity contribution in [2.45, 2.75) is 145 Å². The summed E-state index contributed by atoms with van der Waals surface area (Å²) < 4.78 is 81.1. The maximum atomic E-state index is 14.0. The number of hydrogen-bond acceptors (Lipinski definition) is 0. The Balaban J connectivity index is 0.000000184. The van der Waals surface area contributed by atoms with E-state index in [1.165, 1.54) is 102 Å². The van der Waals surface area contributed by atoms with E-state index < -0.39 is 33.7 Å². The molecule has 256 valence electrons. The summed E-state index contributed by atoms with van der Waals surface area (Å²) in [7, 11) is 0. The van der Waals surface area contributed by atoms with Gasteiger partial charge < -0.3 is 0 Å². The molecule has 0 atom stereocenters. The monoisotopic (exact) mass is 712 g/mol. The molecular formula is C39H51BrF6. The predicted octanol–water partition coefficient (Wildman–Crippen LogP) is 13.9. The molecule has 46 heavy (non-hydrogen) atoms. The molecule has 0 heterocycles. The van der Waals surface area contributed by atoms with Crippen LogP contribution in [0.2, 0.25) is 0 Å². The van der Waals surface area contributed by atoms with Gasteiger partial charge >= 0.3 is 4.83 Å². The number of hydrogen-bond donors (Lipinski definition) is 0. The number of benzene rings is 2. The van der Waals surface area contributed by atoms with Gasteiger partial charge in [-0.25, -0.2) is 17.6 Å². The molecule has 0 saturated heterocycles. The molecule has 0 radical (unpaired) electrons. The van der Waals surface area contributed by atoms with Crippen LogP contribution in [0.25, 0.3) is 0 Å². The molecule has 0 amide bonds. The van der Waals surface area contributed by atoms with Gasteiger partial charge in [-0.05, 0) is 138 Å². The molecule has 2 aromatic carbocycles. The van der Waals surface area contributed by atoms with Gasteiger partial charge in [0.1, 0.15) is 28.8 Å². The van der Waals surface area contributed by atoms with Crippen molar-refractivity contribution in [2.75, 3.05) is 0 Å². The highest BCUT2D eigenvalue weighted by Crippen LogP contribution is 2.43. The predicted molar refractivity (Wildman–Crippen MR) is 177 cm³/mol. The molecule has 4 aliphatic rings. The standard InChI is InChI=1S/C20H25BrF4.C19H26F2/c21-20(24,25)19-17(22)11-16(12-18(19)23)15-9-7-14(8-10-15)6-5-13-3-1-2-4-13;20-18-11-17(12-19(21)13-18)16-9-7-15(8-10-16)6-5-14-3-1-2-4-14/h11-15H,1-10H2;11-16H,1-10H2. The Morgan fingerprint density at radius 1 is 0.478 bits per heavy atom. The van der Waals surface area contributed by atoms with Crippen LogP contribution in [0.3, 0.4) is 0 Å². The highest BCUT2D eigenvalue weighted by atomic mass is 79.9. The van der Waals surface area contributed by atoms with E-state index in [1.807, 2.05) is 15.9 Å². The zero-order valence-corrected chi connectivity index (χ0v) is 28.7. The van der Waals surface area contributed by atoms with Crippen molar-refractivity contribution < 1.29 is 26.3 Å². The Morgan fingerprint density at radius 3 is 1.15 bits per heavy atom. The Labute approximate surface area is 280 Å². The van der Waals surface area contributed by atoms with E-state index in [2.05, 4.69) is 0 Å². The summed E-state index contributed by atoms with van der Waals surface area (Å²) in [6.45, 7) is 0. The lowest BCUT2D eigenvalue weighted by atomic mass is 9.76. The minimum absolute atomic E-state index is 0.0738. The highest BCUT2D eigenvalue weighted by Gasteiger charge is 2.36. The fourth-order valence-electron chi connectivity index (χ4n) is 9.02. The maximum Gasteiger partial charge on any atom is 0.332 e. The summed E-state index contributed by atoms with van der Waals surface area (Å²) in [4.78, 5) is -3.68. The van der Waals surface area contributed by atoms with Crippen molar-refractivity contribution in [2.24, 2.45) is 23.7 Å². The van der Waals surface area contributed by atoms with Crippen LogP contribution in [0.5, 0.6) is 0 Å². The van der Waals surface area contributed by atoms with Crippen molar-refractivity contribution >= 4 is 15.9 Å². The summed E-state index contributed by atoms with van der Waals surface area (Å²) in [5.41, 5.74) is 0.188. The molecule has 0 aromatic heterocycles. The van der Waals surface area contributed by atoms with Gasteiger partial charge in [0.25, 0.3) is 0 Å². The normalized spacial score (nSPS) is 26.2. The van der Waals surface area contributed by atoms with Gasteiger partial charge in [-0.15, -0.1) is 0 Å². The van der Waals surface area contributed by atoms with Crippen molar-refractivity contribution in [1.29, 1.82) is 0 Å². The third-order valence-electron chi connectivity index (χ3n) is 11.8. The van der Waals surface area contributed by atoms with Crippen LogP contribution in [0.4, 0.5) is 26.3 Å². The number of alkyl halides is 3. The molecule has 4 fully saturated rings. The molecule has 2 aromatic rings. The number of rotatable bonds is 9. The van der Waals surface area contributed by atoms with E-state index in [0.29, 0.717) is 17.4 Å². The molecule has 0 unspecified atom stereocenters. The molecular weight excluding hydrogens is 662 g/mol. The average Bonchev–Trinajstić information content (AvgIpc) is 3.73. The van der Waals surface area contributed by atoms with E-state index in [0.717, 1.165) is 80.0 Å². The van der Waals surface area contributed by atoms with Gasteiger partial charge in [0.05, 0.1) is 0 Å². The van der Waals surface area contributed by atoms with Gasteiger partial charge in [0.15, 0.2) is 0 Å². The van der Waals surface area contributed by atoms with Gasteiger partial charge in [0, 0.05) is 6.07 Å². The maximum absolute atomic E-state index is 14.0. The third-order valence-corrected chi connectivity index (χ3v) is 12.2. The van der Waals surface area contributed by atoms with Gasteiger partial charge in [-0.2, -0.15) is 8.78 Å². The molecule has 4 saturated carbocycles. The fraction of sp³-hybridized carbons (Fsp3) is 0.692. The van der Waals surface area contributed by atoms with Crippen LogP contribution in [0, 0.1) is 46.9 Å². The smallest absolute Gasteiger partial charge is 0.207 e. The first-order valence-corrected chi connectivity index (χ1v) is 18.9. The Morgan fingerprint density at radius 2 is 0.804 bits per heavy atom. The third kappa shape index (κ3) is 10.3. The summed E-state index contributed by atoms with van der Waals surface area (Å²) in [5.74, 6) is 0.669. The lowest BCUT2D eigenvalue weighted by Gasteiger charge is -2.29. The van der Waals surface area contributed by atoms with Crippen LogP contribution in [0.1, 0.15) is 157 Å². The summed E-state index contributed by atoms with van der Waals surface area (Å²) >= 11 is 2.05. The summed E-state index contributed by atoms with van der Waals surface area (Å²) in [6.07, 6.45) is 25.2. The van der Waals surface area contributed by atoms with E-state index in [1.54, 1.807) is 0 Å². The van der Waals surface area contributed by atoms with Crippen LogP contribution in [-0.4, -0.2) is 0 Å². The van der Waals surface area contributed by atoms with E-state index >= 15 is 0 Å². The number of halogens is 7. The first kappa shape index (κ1) is 35.8. The summed E-state index contributed by atoms with van der Waals surface area (Å²) in [5, 5.41) is 0. The van der Waals surface area contributed by atoms with E-state index in [-0.39, 0.29) is 5.92 Å². The van der Waals surface area contributed by atoms with Crippen LogP contribution >= 0.6 is 15.9 Å². The molecule has 0 nitrogen and oxygen atoms in total. The van der Waals surface area contributed by atoms with Gasteiger partial charge in [0.2, 0.25) is 0 Å². The molecule has 0 bridgehead atoms. The van der Waals surface area contributed by atoms with Crippen molar-refractivity contribution in [3.63, 3.8) is 0 Å². The lowest BCUT2D eigenvalue weighted by molar-refractivity contribution is 0.105. The second-order valence-corrected chi connectivity index (χ2v) is 15.9. The minimum atomic E-state index is -3.68. The molecule has 0 spiro atoms. The summed E-state index contributed by atoms with van der Waals surface area (Å²) in [6, 6.07) is 6.20. The molecule has 0 aliphatic heterocycles. The topological polar surface area (TPSA) is 0 Å². The van der Waals surface area contributed by atoms with Crippen molar-refractivity contribution in [3.05, 3.63) is 70.3 Å². The second kappa shape index (κ2) is 16.7. The van der Waals surface area contributed by atoms with Crippen LogP contribution in [0.15, 0.2) is 30.3 Å². The molecule has 7 heteroatoms. The van der Waals surface area contributed by atoms with Gasteiger partial charge in [-0.3, -0.25) is 0 Å². The van der Waals surface area contributed by atoms with E-state index in [9.17, 15) is 26.3 Å². The fourth-order valence-corrected chi connectivity index (χ4v) is 9.40. The Bertz CT molecular complexity index is 1190. The Kier molecular flexibility index (Phi) is 13.0. The second-order valence-electron chi connectivity index (χ2n) is 15.0.